The first-order chi connectivity index (χ1) is 17.2. The standard InChI is InChI=1S/C33H28N2/c1-3-23-12-14-26(15-13-23)31-22(2)32(29-18-16-24-8-4-6-10-27(24)20-29)35-33(34-31)30-19-17-25-9-5-7-11-28(25)21-30/h4-22,31H,3H2,1-2H3. The summed E-state index contributed by atoms with van der Waals surface area (Å²) in [5, 5.41) is 4.91. The van der Waals surface area contributed by atoms with E-state index in [2.05, 4.69) is 123 Å². The summed E-state index contributed by atoms with van der Waals surface area (Å²) >= 11 is 0. The van der Waals surface area contributed by atoms with Gasteiger partial charge in [-0.1, -0.05) is 111 Å². The lowest BCUT2D eigenvalue weighted by Gasteiger charge is -2.28. The van der Waals surface area contributed by atoms with E-state index in [0.717, 1.165) is 23.5 Å². The van der Waals surface area contributed by atoms with Gasteiger partial charge in [0.15, 0.2) is 5.84 Å². The van der Waals surface area contributed by atoms with Crippen molar-refractivity contribution in [2.24, 2.45) is 15.9 Å². The van der Waals surface area contributed by atoms with Crippen molar-refractivity contribution in [2.45, 2.75) is 26.3 Å². The smallest absolute Gasteiger partial charge is 0.155 e. The van der Waals surface area contributed by atoms with Crippen LogP contribution in [0.15, 0.2) is 119 Å². The molecule has 1 aliphatic rings. The average molecular weight is 453 g/mol. The van der Waals surface area contributed by atoms with Crippen LogP contribution in [-0.4, -0.2) is 11.5 Å². The number of rotatable bonds is 4. The van der Waals surface area contributed by atoms with Crippen LogP contribution in [0.4, 0.5) is 0 Å². The Hall–Kier alpha value is -4.04. The number of fused-ring (bicyclic) bond motifs is 2. The SMILES string of the molecule is CCc1ccc(C2N=C(c3ccc4ccccc4c3)N=C(c3ccc4ccccc4c3)C2C)cc1. The van der Waals surface area contributed by atoms with Gasteiger partial charge in [0, 0.05) is 11.5 Å². The first-order valence-electron chi connectivity index (χ1n) is 12.4. The summed E-state index contributed by atoms with van der Waals surface area (Å²) in [4.78, 5) is 10.4. The highest BCUT2D eigenvalue weighted by Gasteiger charge is 2.29. The molecule has 2 nitrogen and oxygen atoms in total. The van der Waals surface area contributed by atoms with Gasteiger partial charge in [-0.3, -0.25) is 4.99 Å². The highest BCUT2D eigenvalue weighted by atomic mass is 15.0. The molecule has 0 amide bonds. The molecule has 170 valence electrons. The molecule has 5 aromatic rings. The third-order valence-corrected chi connectivity index (χ3v) is 7.18. The van der Waals surface area contributed by atoms with E-state index < -0.39 is 0 Å². The number of hydrogen-bond acceptors (Lipinski definition) is 2. The van der Waals surface area contributed by atoms with Gasteiger partial charge in [-0.15, -0.1) is 0 Å². The van der Waals surface area contributed by atoms with E-state index in [1.165, 1.54) is 38.2 Å². The second-order valence-electron chi connectivity index (χ2n) is 9.40. The molecule has 0 aliphatic carbocycles. The van der Waals surface area contributed by atoms with Crippen LogP contribution in [0.5, 0.6) is 0 Å². The summed E-state index contributed by atoms with van der Waals surface area (Å²) in [5.41, 5.74) is 5.91. The summed E-state index contributed by atoms with van der Waals surface area (Å²) in [6.07, 6.45) is 1.04. The van der Waals surface area contributed by atoms with E-state index in [9.17, 15) is 0 Å². The van der Waals surface area contributed by atoms with E-state index in [4.69, 9.17) is 9.98 Å². The summed E-state index contributed by atoms with van der Waals surface area (Å²) in [6.45, 7) is 4.45. The van der Waals surface area contributed by atoms with E-state index in [0.29, 0.717) is 0 Å². The summed E-state index contributed by atoms with van der Waals surface area (Å²) in [7, 11) is 0. The van der Waals surface area contributed by atoms with E-state index in [1.807, 2.05) is 0 Å². The van der Waals surface area contributed by atoms with Gasteiger partial charge < -0.3 is 0 Å². The second-order valence-corrected chi connectivity index (χ2v) is 9.40. The first kappa shape index (κ1) is 21.5. The highest BCUT2D eigenvalue weighted by molar-refractivity contribution is 6.16. The van der Waals surface area contributed by atoms with Crippen molar-refractivity contribution in [3.63, 3.8) is 0 Å². The van der Waals surface area contributed by atoms with E-state index >= 15 is 0 Å². The van der Waals surface area contributed by atoms with Crippen LogP contribution in [0.25, 0.3) is 21.5 Å². The minimum atomic E-state index is 0.0151. The van der Waals surface area contributed by atoms with Crippen molar-refractivity contribution in [1.29, 1.82) is 0 Å². The van der Waals surface area contributed by atoms with Gasteiger partial charge in [0.05, 0.1) is 11.8 Å². The molecule has 0 radical (unpaired) electrons. The Balaban J connectivity index is 1.50. The average Bonchev–Trinajstić information content (AvgIpc) is 2.93. The molecule has 0 fully saturated rings. The molecule has 1 aliphatic heterocycles. The zero-order chi connectivity index (χ0) is 23.8. The zero-order valence-corrected chi connectivity index (χ0v) is 20.1. The van der Waals surface area contributed by atoms with Crippen molar-refractivity contribution in [3.05, 3.63) is 131 Å². The monoisotopic (exact) mass is 452 g/mol. The molecule has 2 unspecified atom stereocenters. The number of benzene rings is 5. The molecule has 0 aromatic heterocycles. The van der Waals surface area contributed by atoms with Crippen molar-refractivity contribution >= 4 is 33.1 Å². The van der Waals surface area contributed by atoms with Crippen LogP contribution in [0.2, 0.25) is 0 Å². The maximum Gasteiger partial charge on any atom is 0.155 e. The maximum atomic E-state index is 5.23. The fraction of sp³-hybridized carbons (Fsp3) is 0.152. The Kier molecular flexibility index (Phi) is 5.50. The van der Waals surface area contributed by atoms with Gasteiger partial charge in [0.1, 0.15) is 0 Å². The number of aliphatic imine (C=N–C) groups is 2. The van der Waals surface area contributed by atoms with Crippen molar-refractivity contribution in [2.75, 3.05) is 0 Å². The van der Waals surface area contributed by atoms with Gasteiger partial charge >= 0.3 is 0 Å². The Bertz CT molecular complexity index is 1590. The topological polar surface area (TPSA) is 24.7 Å². The Morgan fingerprint density at radius 1 is 0.629 bits per heavy atom. The molecule has 2 atom stereocenters. The van der Waals surface area contributed by atoms with Crippen LogP contribution in [-0.2, 0) is 6.42 Å². The van der Waals surface area contributed by atoms with Crippen LogP contribution in [0.3, 0.4) is 0 Å². The van der Waals surface area contributed by atoms with Crippen LogP contribution >= 0.6 is 0 Å². The molecule has 1 heterocycles. The lowest BCUT2D eigenvalue weighted by Crippen LogP contribution is -2.26. The molecule has 0 bridgehead atoms. The van der Waals surface area contributed by atoms with Gasteiger partial charge in [-0.05, 0) is 56.8 Å². The molecule has 0 saturated carbocycles. The van der Waals surface area contributed by atoms with Gasteiger partial charge in [0.25, 0.3) is 0 Å². The van der Waals surface area contributed by atoms with Crippen LogP contribution in [0, 0.1) is 5.92 Å². The molecule has 0 N–H and O–H groups in total. The van der Waals surface area contributed by atoms with Gasteiger partial charge in [-0.25, -0.2) is 4.99 Å². The number of amidine groups is 1. The number of hydrogen-bond donors (Lipinski definition) is 0. The Morgan fingerprint density at radius 2 is 1.20 bits per heavy atom. The fourth-order valence-corrected chi connectivity index (χ4v) is 5.10. The molecular formula is C33H28N2. The quantitative estimate of drug-likeness (QED) is 0.263. The Morgan fingerprint density at radius 3 is 1.83 bits per heavy atom. The maximum absolute atomic E-state index is 5.23. The third kappa shape index (κ3) is 4.06. The predicted molar refractivity (Wildman–Crippen MR) is 149 cm³/mol. The summed E-state index contributed by atoms with van der Waals surface area (Å²) in [6, 6.07) is 39.1. The van der Waals surface area contributed by atoms with Crippen molar-refractivity contribution in [3.8, 4) is 0 Å². The van der Waals surface area contributed by atoms with Crippen LogP contribution < -0.4 is 0 Å². The van der Waals surface area contributed by atoms with E-state index in [1.54, 1.807) is 0 Å². The lowest BCUT2D eigenvalue weighted by atomic mass is 9.85. The molecule has 2 heteroatoms. The minimum absolute atomic E-state index is 0.0151. The van der Waals surface area contributed by atoms with Gasteiger partial charge in [0.2, 0.25) is 0 Å². The lowest BCUT2D eigenvalue weighted by molar-refractivity contribution is 0.592. The van der Waals surface area contributed by atoms with Gasteiger partial charge in [-0.2, -0.15) is 0 Å². The summed E-state index contributed by atoms with van der Waals surface area (Å²) < 4.78 is 0. The normalized spacial score (nSPS) is 17.9. The Labute approximate surface area is 206 Å². The third-order valence-electron chi connectivity index (χ3n) is 7.18. The highest BCUT2D eigenvalue weighted by Crippen LogP contribution is 2.35. The molecule has 35 heavy (non-hydrogen) atoms. The number of nitrogens with zero attached hydrogens (tertiary/aromatic N) is 2. The molecule has 5 aromatic carbocycles. The second kappa shape index (κ2) is 8.96. The summed E-state index contributed by atoms with van der Waals surface area (Å²) in [5.74, 6) is 0.967. The number of aryl methyl sites for hydroxylation is 1. The fourth-order valence-electron chi connectivity index (χ4n) is 5.10. The van der Waals surface area contributed by atoms with E-state index in [-0.39, 0.29) is 12.0 Å². The first-order valence-corrected chi connectivity index (χ1v) is 12.4. The van der Waals surface area contributed by atoms with Crippen molar-refractivity contribution in [1.82, 2.24) is 0 Å². The predicted octanol–water partition coefficient (Wildman–Crippen LogP) is 8.18. The molecule has 6 rings (SSSR count). The van der Waals surface area contributed by atoms with Crippen LogP contribution in [0.1, 0.15) is 42.1 Å². The van der Waals surface area contributed by atoms with Crippen molar-refractivity contribution < 1.29 is 0 Å². The largest absolute Gasteiger partial charge is 0.257 e. The molecule has 0 spiro atoms. The molecular weight excluding hydrogens is 424 g/mol. The minimum Gasteiger partial charge on any atom is -0.257 e. The zero-order valence-electron chi connectivity index (χ0n) is 20.1. The molecule has 0 saturated heterocycles.